The van der Waals surface area contributed by atoms with Crippen LogP contribution in [-0.2, 0) is 19.6 Å². The lowest BCUT2D eigenvalue weighted by atomic mass is 10.2. The van der Waals surface area contributed by atoms with Gasteiger partial charge >= 0.3 is 0 Å². The summed E-state index contributed by atoms with van der Waals surface area (Å²) in [5.74, 6) is -0.217. The molecule has 7 nitrogen and oxygen atoms in total. The number of carbonyl (C=O) groups excluding carboxylic acids is 1. The summed E-state index contributed by atoms with van der Waals surface area (Å²) in [6.45, 7) is 3.31. The number of morpholine rings is 1. The van der Waals surface area contributed by atoms with Crippen molar-refractivity contribution >= 4 is 39.7 Å². The van der Waals surface area contributed by atoms with E-state index in [9.17, 15) is 13.2 Å². The number of hydrogen-bond donors (Lipinski definition) is 3. The van der Waals surface area contributed by atoms with Crippen molar-refractivity contribution in [1.82, 2.24) is 5.32 Å². The van der Waals surface area contributed by atoms with Crippen molar-refractivity contribution in [2.45, 2.75) is 17.9 Å². The molecular weight excluding hydrogens is 390 g/mol. The molecule has 2 aromatic rings. The predicted octanol–water partition coefficient (Wildman–Crippen LogP) is 2.14. The maximum Gasteiger partial charge on any atom is 0.261 e. The van der Waals surface area contributed by atoms with Crippen LogP contribution in [0.1, 0.15) is 5.56 Å². The number of ether oxygens (including phenoxy) is 1. The average Bonchev–Trinajstić information content (AvgIpc) is 2.66. The van der Waals surface area contributed by atoms with Crippen LogP contribution in [0.5, 0.6) is 0 Å². The standard InChI is InChI=1S/C18H21N3O4S.ClH/c1-13-7-8-14(20-18(22)17-12-25-10-9-19-17)11-16(13)21-26(23,24)15-5-3-2-4-6-15;/h2-8,11,17,19,21H,9-10,12H2,1H3,(H,20,22);1H. The van der Waals surface area contributed by atoms with E-state index in [0.717, 1.165) is 5.56 Å². The zero-order chi connectivity index (χ0) is 18.6. The first-order valence-electron chi connectivity index (χ1n) is 8.26. The molecule has 9 heteroatoms. The molecule has 0 radical (unpaired) electrons. The Balaban J connectivity index is 0.00000261. The number of sulfonamides is 1. The van der Waals surface area contributed by atoms with Gasteiger partial charge in [0.05, 0.1) is 23.8 Å². The van der Waals surface area contributed by atoms with Crippen molar-refractivity contribution in [3.63, 3.8) is 0 Å². The lowest BCUT2D eigenvalue weighted by molar-refractivity contribution is -0.120. The smallest absolute Gasteiger partial charge is 0.261 e. The first-order chi connectivity index (χ1) is 12.5. The third-order valence-corrected chi connectivity index (χ3v) is 5.42. The highest BCUT2D eigenvalue weighted by Gasteiger charge is 2.21. The fourth-order valence-corrected chi connectivity index (χ4v) is 3.72. The molecule has 1 unspecified atom stereocenters. The van der Waals surface area contributed by atoms with Crippen LogP contribution in [0.15, 0.2) is 53.4 Å². The predicted molar refractivity (Wildman–Crippen MR) is 107 cm³/mol. The Morgan fingerprint density at radius 1 is 1.19 bits per heavy atom. The summed E-state index contributed by atoms with van der Waals surface area (Å²) in [4.78, 5) is 12.5. The van der Waals surface area contributed by atoms with Gasteiger partial charge in [0.1, 0.15) is 6.04 Å². The zero-order valence-electron chi connectivity index (χ0n) is 14.8. The van der Waals surface area contributed by atoms with Crippen LogP contribution in [0.3, 0.4) is 0 Å². The van der Waals surface area contributed by atoms with Gasteiger partial charge in [0.25, 0.3) is 10.0 Å². The second-order valence-corrected chi connectivity index (χ2v) is 7.70. The van der Waals surface area contributed by atoms with Crippen LogP contribution in [0.25, 0.3) is 0 Å². The molecule has 0 aliphatic carbocycles. The number of aryl methyl sites for hydroxylation is 1. The molecule has 1 atom stereocenters. The van der Waals surface area contributed by atoms with Crippen molar-refractivity contribution in [3.05, 3.63) is 54.1 Å². The molecule has 1 heterocycles. The number of halogens is 1. The van der Waals surface area contributed by atoms with Crippen LogP contribution in [0.4, 0.5) is 11.4 Å². The molecule has 3 rings (SSSR count). The molecule has 27 heavy (non-hydrogen) atoms. The van der Waals surface area contributed by atoms with E-state index in [-0.39, 0.29) is 23.2 Å². The van der Waals surface area contributed by atoms with E-state index in [2.05, 4.69) is 15.4 Å². The number of rotatable bonds is 5. The van der Waals surface area contributed by atoms with E-state index < -0.39 is 16.1 Å². The maximum absolute atomic E-state index is 12.5. The summed E-state index contributed by atoms with van der Waals surface area (Å²) < 4.78 is 32.9. The first kappa shape index (κ1) is 21.2. The van der Waals surface area contributed by atoms with Crippen LogP contribution in [-0.4, -0.2) is 40.1 Å². The average molecular weight is 412 g/mol. The summed E-state index contributed by atoms with van der Waals surface area (Å²) in [7, 11) is -3.70. The van der Waals surface area contributed by atoms with Crippen molar-refractivity contribution in [2.24, 2.45) is 0 Å². The normalized spacial score (nSPS) is 16.9. The minimum atomic E-state index is -3.70. The summed E-state index contributed by atoms with van der Waals surface area (Å²) in [5, 5.41) is 5.86. The van der Waals surface area contributed by atoms with E-state index in [1.54, 1.807) is 43.3 Å². The molecule has 1 amide bonds. The first-order valence-corrected chi connectivity index (χ1v) is 9.74. The van der Waals surface area contributed by atoms with Crippen molar-refractivity contribution in [3.8, 4) is 0 Å². The Labute approximate surface area is 165 Å². The van der Waals surface area contributed by atoms with Crippen LogP contribution in [0, 0.1) is 6.92 Å². The molecule has 0 spiro atoms. The Hall–Kier alpha value is -2.13. The molecule has 0 saturated carbocycles. The molecule has 2 aromatic carbocycles. The maximum atomic E-state index is 12.5. The number of anilines is 2. The van der Waals surface area contributed by atoms with Gasteiger partial charge in [-0.2, -0.15) is 0 Å². The monoisotopic (exact) mass is 411 g/mol. The summed E-state index contributed by atoms with van der Waals surface area (Å²) in [5.41, 5.74) is 1.68. The second-order valence-electron chi connectivity index (χ2n) is 6.02. The number of hydrogen-bond acceptors (Lipinski definition) is 5. The van der Waals surface area contributed by atoms with Crippen molar-refractivity contribution in [2.75, 3.05) is 29.8 Å². The van der Waals surface area contributed by atoms with Gasteiger partial charge in [0, 0.05) is 12.2 Å². The minimum Gasteiger partial charge on any atom is -0.378 e. The minimum absolute atomic E-state index is 0. The van der Waals surface area contributed by atoms with Crippen molar-refractivity contribution in [1.29, 1.82) is 0 Å². The lowest BCUT2D eigenvalue weighted by Crippen LogP contribution is -2.48. The number of carbonyl (C=O) groups is 1. The Morgan fingerprint density at radius 3 is 2.59 bits per heavy atom. The third kappa shape index (κ3) is 5.43. The number of benzene rings is 2. The van der Waals surface area contributed by atoms with E-state index in [1.165, 1.54) is 12.1 Å². The van der Waals surface area contributed by atoms with Gasteiger partial charge in [-0.25, -0.2) is 8.42 Å². The second kappa shape index (κ2) is 9.18. The topological polar surface area (TPSA) is 96.5 Å². The number of nitrogens with one attached hydrogen (secondary N) is 3. The van der Waals surface area contributed by atoms with Crippen LogP contribution < -0.4 is 15.4 Å². The van der Waals surface area contributed by atoms with Gasteiger partial charge in [-0.3, -0.25) is 9.52 Å². The molecule has 146 valence electrons. The van der Waals surface area contributed by atoms with E-state index in [4.69, 9.17) is 4.74 Å². The molecule has 1 aliphatic rings. The zero-order valence-corrected chi connectivity index (χ0v) is 16.4. The molecule has 0 aromatic heterocycles. The van der Waals surface area contributed by atoms with Crippen molar-refractivity contribution < 1.29 is 17.9 Å². The van der Waals surface area contributed by atoms with Gasteiger partial charge < -0.3 is 15.4 Å². The van der Waals surface area contributed by atoms with Gasteiger partial charge in [0.15, 0.2) is 0 Å². The molecule has 3 N–H and O–H groups in total. The quantitative estimate of drug-likeness (QED) is 0.700. The summed E-state index contributed by atoms with van der Waals surface area (Å²) in [6.07, 6.45) is 0. The van der Waals surface area contributed by atoms with Gasteiger partial charge in [-0.1, -0.05) is 24.3 Å². The summed E-state index contributed by atoms with van der Waals surface area (Å²) >= 11 is 0. The highest BCUT2D eigenvalue weighted by atomic mass is 35.5. The molecule has 0 bridgehead atoms. The Kier molecular flexibility index (Phi) is 7.20. The van der Waals surface area contributed by atoms with E-state index in [1.807, 2.05) is 0 Å². The van der Waals surface area contributed by atoms with Crippen LogP contribution >= 0.6 is 12.4 Å². The fraction of sp³-hybridized carbons (Fsp3) is 0.278. The van der Waals surface area contributed by atoms with Crippen LogP contribution in [0.2, 0.25) is 0 Å². The van der Waals surface area contributed by atoms with Gasteiger partial charge in [-0.05, 0) is 36.8 Å². The molecular formula is C18H22ClN3O4S. The van der Waals surface area contributed by atoms with Gasteiger partial charge in [0.2, 0.25) is 5.91 Å². The van der Waals surface area contributed by atoms with E-state index in [0.29, 0.717) is 31.1 Å². The fourth-order valence-electron chi connectivity index (χ4n) is 2.58. The van der Waals surface area contributed by atoms with Gasteiger partial charge in [-0.15, -0.1) is 12.4 Å². The SMILES string of the molecule is Cc1ccc(NC(=O)C2COCCN2)cc1NS(=O)(=O)c1ccccc1.Cl. The highest BCUT2D eigenvalue weighted by Crippen LogP contribution is 2.23. The lowest BCUT2D eigenvalue weighted by Gasteiger charge is -2.23. The Morgan fingerprint density at radius 2 is 1.93 bits per heavy atom. The Bertz CT molecular complexity index is 885. The third-order valence-electron chi connectivity index (χ3n) is 4.04. The molecule has 1 fully saturated rings. The highest BCUT2D eigenvalue weighted by molar-refractivity contribution is 7.92. The number of amides is 1. The van der Waals surface area contributed by atoms with E-state index >= 15 is 0 Å². The largest absolute Gasteiger partial charge is 0.378 e. The summed E-state index contributed by atoms with van der Waals surface area (Å²) in [6, 6.07) is 12.8. The molecule has 1 saturated heterocycles. The molecule has 1 aliphatic heterocycles.